The van der Waals surface area contributed by atoms with E-state index >= 15 is 0 Å². The smallest absolute Gasteiger partial charge is 0.0897 e. The maximum atomic E-state index is 4.49. The van der Waals surface area contributed by atoms with Gasteiger partial charge in [-0.1, -0.05) is 0 Å². The van der Waals surface area contributed by atoms with E-state index < -0.39 is 0 Å². The minimum Gasteiger partial charge on any atom is -0.312 e. The first-order valence-electron chi connectivity index (χ1n) is 5.61. The predicted octanol–water partition coefficient (Wildman–Crippen LogP) is 1.29. The number of hydrogen-bond acceptors (Lipinski definition) is 4. The molecule has 1 aliphatic rings. The largest absolute Gasteiger partial charge is 0.312 e. The molecule has 2 rings (SSSR count). The molecule has 1 N–H and O–H groups in total. The zero-order chi connectivity index (χ0) is 10.7. The van der Waals surface area contributed by atoms with Gasteiger partial charge in [0.25, 0.3) is 0 Å². The highest BCUT2D eigenvalue weighted by molar-refractivity contribution is 7.09. The summed E-state index contributed by atoms with van der Waals surface area (Å²) in [4.78, 5) is 7.01. The number of piperazine rings is 1. The van der Waals surface area contributed by atoms with Crippen molar-refractivity contribution >= 4 is 11.3 Å². The SMILES string of the molecule is Cc1nc(CCN2CCNC(C)C2)cs1. The third-order valence-corrected chi connectivity index (χ3v) is 3.63. The highest BCUT2D eigenvalue weighted by Gasteiger charge is 2.15. The highest BCUT2D eigenvalue weighted by atomic mass is 32.1. The van der Waals surface area contributed by atoms with Crippen molar-refractivity contribution in [2.45, 2.75) is 26.3 Å². The molecular weight excluding hydrogens is 206 g/mol. The summed E-state index contributed by atoms with van der Waals surface area (Å²) in [5, 5.41) is 6.82. The molecule has 3 nitrogen and oxygen atoms in total. The van der Waals surface area contributed by atoms with E-state index in [-0.39, 0.29) is 0 Å². The van der Waals surface area contributed by atoms with E-state index in [1.54, 1.807) is 11.3 Å². The van der Waals surface area contributed by atoms with Crippen LogP contribution in [-0.2, 0) is 6.42 Å². The van der Waals surface area contributed by atoms with Crippen molar-refractivity contribution in [1.82, 2.24) is 15.2 Å². The minimum atomic E-state index is 0.635. The van der Waals surface area contributed by atoms with Crippen molar-refractivity contribution in [3.63, 3.8) is 0 Å². The van der Waals surface area contributed by atoms with Gasteiger partial charge in [0.15, 0.2) is 0 Å². The van der Waals surface area contributed by atoms with E-state index in [9.17, 15) is 0 Å². The summed E-state index contributed by atoms with van der Waals surface area (Å²) in [5.41, 5.74) is 1.25. The number of nitrogens with one attached hydrogen (secondary N) is 1. The molecule has 1 atom stereocenters. The maximum absolute atomic E-state index is 4.49. The van der Waals surface area contributed by atoms with Gasteiger partial charge in [-0.3, -0.25) is 0 Å². The summed E-state index contributed by atoms with van der Waals surface area (Å²) >= 11 is 1.75. The zero-order valence-electron chi connectivity index (χ0n) is 9.49. The van der Waals surface area contributed by atoms with Crippen molar-refractivity contribution in [3.8, 4) is 0 Å². The molecule has 1 aliphatic heterocycles. The van der Waals surface area contributed by atoms with Crippen LogP contribution < -0.4 is 5.32 Å². The lowest BCUT2D eigenvalue weighted by Crippen LogP contribution is -2.49. The molecule has 0 aromatic carbocycles. The van der Waals surface area contributed by atoms with Gasteiger partial charge in [-0.15, -0.1) is 11.3 Å². The van der Waals surface area contributed by atoms with Gasteiger partial charge in [0.1, 0.15) is 0 Å². The van der Waals surface area contributed by atoms with Crippen LogP contribution in [0.15, 0.2) is 5.38 Å². The quantitative estimate of drug-likeness (QED) is 0.840. The highest BCUT2D eigenvalue weighted by Crippen LogP contribution is 2.09. The average Bonchev–Trinajstić information content (AvgIpc) is 2.62. The summed E-state index contributed by atoms with van der Waals surface area (Å²) in [6, 6.07) is 0.635. The lowest BCUT2D eigenvalue weighted by Gasteiger charge is -2.31. The first kappa shape index (κ1) is 11.0. The van der Waals surface area contributed by atoms with Crippen LogP contribution in [0.3, 0.4) is 0 Å². The van der Waals surface area contributed by atoms with E-state index in [1.165, 1.54) is 23.8 Å². The lowest BCUT2D eigenvalue weighted by molar-refractivity contribution is 0.209. The fourth-order valence-corrected chi connectivity index (χ4v) is 2.66. The number of hydrogen-bond donors (Lipinski definition) is 1. The molecule has 0 aliphatic carbocycles. The molecule has 4 heteroatoms. The van der Waals surface area contributed by atoms with Crippen LogP contribution in [0.2, 0.25) is 0 Å². The Kier molecular flexibility index (Phi) is 3.72. The number of aromatic nitrogens is 1. The first-order valence-corrected chi connectivity index (χ1v) is 6.49. The Morgan fingerprint density at radius 1 is 1.67 bits per heavy atom. The number of aryl methyl sites for hydroxylation is 1. The van der Waals surface area contributed by atoms with Crippen molar-refractivity contribution < 1.29 is 0 Å². The van der Waals surface area contributed by atoms with Gasteiger partial charge in [0, 0.05) is 44.0 Å². The zero-order valence-corrected chi connectivity index (χ0v) is 10.3. The maximum Gasteiger partial charge on any atom is 0.0897 e. The molecule has 0 saturated carbocycles. The average molecular weight is 225 g/mol. The van der Waals surface area contributed by atoms with Gasteiger partial charge in [-0.05, 0) is 13.8 Å². The topological polar surface area (TPSA) is 28.2 Å². The molecular formula is C11H19N3S. The predicted molar refractivity (Wildman–Crippen MR) is 64.5 cm³/mol. The summed E-state index contributed by atoms with van der Waals surface area (Å²) in [6.07, 6.45) is 1.09. The fraction of sp³-hybridized carbons (Fsp3) is 0.727. The van der Waals surface area contributed by atoms with Gasteiger partial charge in [-0.25, -0.2) is 4.98 Å². The van der Waals surface area contributed by atoms with E-state index in [0.717, 1.165) is 19.5 Å². The van der Waals surface area contributed by atoms with Gasteiger partial charge in [0.2, 0.25) is 0 Å². The standard InChI is InChI=1S/C11H19N3S/c1-9-7-14(6-4-12-9)5-3-11-8-15-10(2)13-11/h8-9,12H,3-7H2,1-2H3. The Hall–Kier alpha value is -0.450. The summed E-state index contributed by atoms with van der Waals surface area (Å²) < 4.78 is 0. The summed E-state index contributed by atoms with van der Waals surface area (Å²) in [5.74, 6) is 0. The van der Waals surface area contributed by atoms with Crippen molar-refractivity contribution in [2.24, 2.45) is 0 Å². The summed E-state index contributed by atoms with van der Waals surface area (Å²) in [6.45, 7) is 8.93. The van der Waals surface area contributed by atoms with E-state index in [2.05, 4.69) is 34.4 Å². The van der Waals surface area contributed by atoms with E-state index in [1.807, 2.05) is 0 Å². The molecule has 1 fully saturated rings. The third kappa shape index (κ3) is 3.26. The van der Waals surface area contributed by atoms with Crippen LogP contribution in [0.5, 0.6) is 0 Å². The molecule has 0 amide bonds. The lowest BCUT2D eigenvalue weighted by atomic mass is 10.2. The third-order valence-electron chi connectivity index (χ3n) is 2.80. The van der Waals surface area contributed by atoms with Gasteiger partial charge in [0.05, 0.1) is 10.7 Å². The molecule has 2 heterocycles. The van der Waals surface area contributed by atoms with Gasteiger partial charge < -0.3 is 10.2 Å². The van der Waals surface area contributed by atoms with Crippen LogP contribution in [0.4, 0.5) is 0 Å². The van der Waals surface area contributed by atoms with E-state index in [4.69, 9.17) is 0 Å². The van der Waals surface area contributed by atoms with Crippen LogP contribution in [0, 0.1) is 6.92 Å². The molecule has 15 heavy (non-hydrogen) atoms. The Bertz CT molecular complexity index is 311. The number of thiazole rings is 1. The molecule has 1 unspecified atom stereocenters. The van der Waals surface area contributed by atoms with Crippen LogP contribution in [0.25, 0.3) is 0 Å². The Labute approximate surface area is 95.5 Å². The van der Waals surface area contributed by atoms with Crippen LogP contribution >= 0.6 is 11.3 Å². The fourth-order valence-electron chi connectivity index (χ4n) is 2.01. The monoisotopic (exact) mass is 225 g/mol. The molecule has 0 bridgehead atoms. The number of nitrogens with zero attached hydrogens (tertiary/aromatic N) is 2. The second-order valence-corrected chi connectivity index (χ2v) is 5.33. The Morgan fingerprint density at radius 3 is 3.20 bits per heavy atom. The second-order valence-electron chi connectivity index (χ2n) is 4.26. The Morgan fingerprint density at radius 2 is 2.53 bits per heavy atom. The number of rotatable bonds is 3. The minimum absolute atomic E-state index is 0.635. The molecule has 0 spiro atoms. The Balaban J connectivity index is 1.77. The van der Waals surface area contributed by atoms with Crippen molar-refractivity contribution in [1.29, 1.82) is 0 Å². The van der Waals surface area contributed by atoms with Crippen molar-refractivity contribution in [2.75, 3.05) is 26.2 Å². The normalized spacial score (nSPS) is 23.2. The van der Waals surface area contributed by atoms with Gasteiger partial charge in [-0.2, -0.15) is 0 Å². The molecule has 1 saturated heterocycles. The molecule has 1 aromatic rings. The first-order chi connectivity index (χ1) is 7.24. The molecule has 84 valence electrons. The van der Waals surface area contributed by atoms with Crippen molar-refractivity contribution in [3.05, 3.63) is 16.1 Å². The van der Waals surface area contributed by atoms with Crippen LogP contribution in [-0.4, -0.2) is 42.1 Å². The van der Waals surface area contributed by atoms with E-state index in [0.29, 0.717) is 6.04 Å². The second kappa shape index (κ2) is 5.05. The summed E-state index contributed by atoms with van der Waals surface area (Å²) in [7, 11) is 0. The molecule has 0 radical (unpaired) electrons. The van der Waals surface area contributed by atoms with Gasteiger partial charge >= 0.3 is 0 Å². The van der Waals surface area contributed by atoms with Crippen LogP contribution in [0.1, 0.15) is 17.6 Å². The molecule has 1 aromatic heterocycles.